The van der Waals surface area contributed by atoms with Crippen LogP contribution in [0.5, 0.6) is 11.5 Å². The van der Waals surface area contributed by atoms with Gasteiger partial charge in [0.1, 0.15) is 17.2 Å². The zero-order valence-corrected chi connectivity index (χ0v) is 28.7. The number of carbonyl (C=O) groups is 4. The van der Waals surface area contributed by atoms with E-state index in [-0.39, 0.29) is 45.1 Å². The molecule has 0 unspecified atom stereocenters. The number of benzene rings is 5. The Kier molecular flexibility index (Phi) is 8.10. The lowest BCUT2D eigenvalue weighted by Crippen LogP contribution is -2.32. The molecule has 0 aliphatic carbocycles. The number of aryl methyl sites for hydroxylation is 2. The molecule has 250 valence electrons. The Hall–Kier alpha value is -6.02. The smallest absolute Gasteiger partial charge is 0.266 e. The van der Waals surface area contributed by atoms with E-state index in [1.165, 1.54) is 12.1 Å². The van der Waals surface area contributed by atoms with E-state index in [2.05, 4.69) is 0 Å². The molecular formula is C42H36N2O6. The van der Waals surface area contributed by atoms with Gasteiger partial charge in [-0.3, -0.25) is 19.2 Å². The standard InChI is InChI=1S/C42H36N2O6/c1-23(2)49-36-21-31(43-39(45)32-17-15-29(19-34(32)41(43)47)27-11-7-25(5)8-12-27)22-37(50-24(3)4)38(36)44-40(46)33-18-16-30(20-35(33)42(44)48)28-13-9-26(6)10-14-28/h7-24H,1-6H3. The van der Waals surface area contributed by atoms with Gasteiger partial charge in [-0.25, -0.2) is 9.80 Å². The fourth-order valence-electron chi connectivity index (χ4n) is 6.38. The summed E-state index contributed by atoms with van der Waals surface area (Å²) in [7, 11) is 0. The molecule has 0 saturated carbocycles. The Balaban J connectivity index is 1.31. The van der Waals surface area contributed by atoms with Crippen molar-refractivity contribution in [1.82, 2.24) is 0 Å². The summed E-state index contributed by atoms with van der Waals surface area (Å²) in [6, 6.07) is 29.3. The third-order valence-electron chi connectivity index (χ3n) is 8.77. The molecule has 5 aromatic rings. The molecule has 4 amide bonds. The van der Waals surface area contributed by atoms with Gasteiger partial charge in [-0.2, -0.15) is 0 Å². The van der Waals surface area contributed by atoms with Crippen molar-refractivity contribution in [2.75, 3.05) is 9.80 Å². The number of fused-ring (bicyclic) bond motifs is 2. The Morgan fingerprint density at radius 3 is 1.22 bits per heavy atom. The van der Waals surface area contributed by atoms with Crippen LogP contribution in [-0.2, 0) is 0 Å². The summed E-state index contributed by atoms with van der Waals surface area (Å²) in [5.74, 6) is -1.81. The Bertz CT molecular complexity index is 2190. The number of carbonyl (C=O) groups excluding carboxylic acids is 4. The zero-order chi connectivity index (χ0) is 35.4. The lowest BCUT2D eigenvalue weighted by atomic mass is 9.99. The first kappa shape index (κ1) is 32.5. The van der Waals surface area contributed by atoms with Gasteiger partial charge in [0, 0.05) is 12.1 Å². The number of anilines is 2. The van der Waals surface area contributed by atoms with E-state index in [4.69, 9.17) is 9.47 Å². The van der Waals surface area contributed by atoms with E-state index < -0.39 is 35.8 Å². The van der Waals surface area contributed by atoms with Crippen molar-refractivity contribution in [3.8, 4) is 33.8 Å². The van der Waals surface area contributed by atoms with Gasteiger partial charge in [0.05, 0.1) is 40.1 Å². The predicted octanol–water partition coefficient (Wildman–Crippen LogP) is 8.81. The monoisotopic (exact) mass is 664 g/mol. The maximum atomic E-state index is 14.2. The van der Waals surface area contributed by atoms with Gasteiger partial charge in [-0.05, 0) is 88.1 Å². The number of hydrogen-bond acceptors (Lipinski definition) is 6. The van der Waals surface area contributed by atoms with Crippen molar-refractivity contribution in [3.63, 3.8) is 0 Å². The van der Waals surface area contributed by atoms with Crippen LogP contribution in [0.4, 0.5) is 11.4 Å². The summed E-state index contributed by atoms with van der Waals surface area (Å²) in [5.41, 5.74) is 7.05. The van der Waals surface area contributed by atoms with Crippen molar-refractivity contribution in [1.29, 1.82) is 0 Å². The minimum absolute atomic E-state index is 0.109. The molecule has 0 radical (unpaired) electrons. The SMILES string of the molecule is Cc1ccc(-c2ccc3c(c2)C(=O)N(c2cc(OC(C)C)c(N4C(=O)c5ccc(-c6ccc(C)cc6)cc5C4=O)c(OC(C)C)c2)C3=O)cc1. The number of nitrogens with zero attached hydrogens (tertiary/aromatic N) is 2. The van der Waals surface area contributed by atoms with Crippen LogP contribution in [0, 0.1) is 13.8 Å². The molecule has 0 N–H and O–H groups in total. The van der Waals surface area contributed by atoms with Gasteiger partial charge >= 0.3 is 0 Å². The van der Waals surface area contributed by atoms with Gasteiger partial charge in [-0.15, -0.1) is 0 Å². The Morgan fingerprint density at radius 2 is 0.800 bits per heavy atom. The maximum absolute atomic E-state index is 14.2. The molecule has 0 fully saturated rings. The number of imide groups is 2. The summed E-state index contributed by atoms with van der Waals surface area (Å²) < 4.78 is 12.5. The zero-order valence-electron chi connectivity index (χ0n) is 28.7. The summed E-state index contributed by atoms with van der Waals surface area (Å²) in [4.78, 5) is 58.1. The highest BCUT2D eigenvalue weighted by Crippen LogP contribution is 2.47. The van der Waals surface area contributed by atoms with E-state index in [9.17, 15) is 19.2 Å². The Morgan fingerprint density at radius 1 is 0.440 bits per heavy atom. The van der Waals surface area contributed by atoms with E-state index >= 15 is 0 Å². The average Bonchev–Trinajstić information content (AvgIpc) is 3.48. The fraction of sp³-hybridized carbons (Fsp3) is 0.190. The normalized spacial score (nSPS) is 13.8. The van der Waals surface area contributed by atoms with Gasteiger partial charge in [-0.1, -0.05) is 71.8 Å². The minimum atomic E-state index is -0.529. The quantitative estimate of drug-likeness (QED) is 0.154. The van der Waals surface area contributed by atoms with Crippen LogP contribution in [0.2, 0.25) is 0 Å². The highest BCUT2D eigenvalue weighted by atomic mass is 16.5. The molecule has 2 heterocycles. The van der Waals surface area contributed by atoms with Gasteiger partial charge in [0.25, 0.3) is 23.6 Å². The van der Waals surface area contributed by atoms with Crippen LogP contribution in [0.25, 0.3) is 22.3 Å². The third kappa shape index (κ3) is 5.62. The van der Waals surface area contributed by atoms with E-state index in [0.717, 1.165) is 43.2 Å². The van der Waals surface area contributed by atoms with Crippen LogP contribution in [-0.4, -0.2) is 35.8 Å². The van der Waals surface area contributed by atoms with E-state index in [0.29, 0.717) is 0 Å². The first-order valence-corrected chi connectivity index (χ1v) is 16.6. The molecule has 50 heavy (non-hydrogen) atoms. The lowest BCUT2D eigenvalue weighted by molar-refractivity contribution is 0.0906. The molecule has 0 spiro atoms. The first-order chi connectivity index (χ1) is 23.9. The van der Waals surface area contributed by atoms with Crippen molar-refractivity contribution in [2.24, 2.45) is 0 Å². The predicted molar refractivity (Wildman–Crippen MR) is 193 cm³/mol. The minimum Gasteiger partial charge on any atom is -0.489 e. The molecule has 0 atom stereocenters. The van der Waals surface area contributed by atoms with E-state index in [1.807, 2.05) is 102 Å². The largest absolute Gasteiger partial charge is 0.489 e. The summed E-state index contributed by atoms with van der Waals surface area (Å²) in [6.07, 6.45) is -0.781. The average molecular weight is 665 g/mol. The van der Waals surface area contributed by atoms with Crippen LogP contribution < -0.4 is 19.3 Å². The molecule has 0 aromatic heterocycles. The molecule has 2 aliphatic heterocycles. The molecule has 7 rings (SSSR count). The van der Waals surface area contributed by atoms with Crippen molar-refractivity contribution >= 4 is 35.0 Å². The first-order valence-electron chi connectivity index (χ1n) is 16.6. The third-order valence-corrected chi connectivity index (χ3v) is 8.77. The number of amides is 4. The van der Waals surface area contributed by atoms with Crippen LogP contribution in [0.3, 0.4) is 0 Å². The van der Waals surface area contributed by atoms with Gasteiger partial charge in [0.2, 0.25) is 0 Å². The second-order valence-corrected chi connectivity index (χ2v) is 13.3. The maximum Gasteiger partial charge on any atom is 0.266 e. The molecule has 8 nitrogen and oxygen atoms in total. The van der Waals surface area contributed by atoms with Gasteiger partial charge in [0.15, 0.2) is 0 Å². The molecular weight excluding hydrogens is 628 g/mol. The van der Waals surface area contributed by atoms with Crippen molar-refractivity contribution < 1.29 is 28.7 Å². The molecule has 0 bridgehead atoms. The summed E-state index contributed by atoms with van der Waals surface area (Å²) >= 11 is 0. The summed E-state index contributed by atoms with van der Waals surface area (Å²) in [6.45, 7) is 11.2. The second kappa shape index (κ2) is 12.5. The van der Waals surface area contributed by atoms with Crippen LogP contribution in [0.15, 0.2) is 97.1 Å². The second-order valence-electron chi connectivity index (χ2n) is 13.3. The lowest BCUT2D eigenvalue weighted by Gasteiger charge is -2.26. The van der Waals surface area contributed by atoms with Crippen LogP contribution in [0.1, 0.15) is 80.3 Å². The molecule has 8 heteroatoms. The molecule has 0 saturated heterocycles. The van der Waals surface area contributed by atoms with Crippen molar-refractivity contribution in [3.05, 3.63) is 130 Å². The molecule has 5 aromatic carbocycles. The fourth-order valence-corrected chi connectivity index (χ4v) is 6.38. The topological polar surface area (TPSA) is 93.2 Å². The van der Waals surface area contributed by atoms with Gasteiger partial charge < -0.3 is 9.47 Å². The Labute approximate surface area is 290 Å². The van der Waals surface area contributed by atoms with E-state index in [1.54, 1.807) is 24.3 Å². The number of rotatable bonds is 8. The number of ether oxygens (including phenoxy) is 2. The van der Waals surface area contributed by atoms with Crippen LogP contribution >= 0.6 is 0 Å². The van der Waals surface area contributed by atoms with Crippen molar-refractivity contribution in [2.45, 2.75) is 53.8 Å². The number of hydrogen-bond donors (Lipinski definition) is 0. The highest BCUT2D eigenvalue weighted by Gasteiger charge is 2.43. The molecule has 2 aliphatic rings. The highest BCUT2D eigenvalue weighted by molar-refractivity contribution is 6.37. The summed E-state index contributed by atoms with van der Waals surface area (Å²) in [5, 5.41) is 0.